The van der Waals surface area contributed by atoms with Gasteiger partial charge in [-0.25, -0.2) is 0 Å². The van der Waals surface area contributed by atoms with Crippen molar-refractivity contribution in [3.05, 3.63) is 0 Å². The van der Waals surface area contributed by atoms with Gasteiger partial charge in [0.2, 0.25) is 5.91 Å². The normalized spacial score (nSPS) is 37.5. The molecule has 2 fully saturated rings. The van der Waals surface area contributed by atoms with Crippen LogP contribution in [0.4, 0.5) is 0 Å². The number of hydrogen-bond acceptors (Lipinski definition) is 13. The van der Waals surface area contributed by atoms with Crippen LogP contribution < -0.4 is 5.32 Å². The molecule has 2 rings (SSSR count). The van der Waals surface area contributed by atoms with E-state index in [2.05, 4.69) is 5.32 Å². The van der Waals surface area contributed by atoms with Crippen LogP contribution >= 0.6 is 0 Å². The summed E-state index contributed by atoms with van der Waals surface area (Å²) in [6.07, 6.45) is -12.7. The molecule has 12 atom stereocenters. The molecule has 0 radical (unpaired) electrons. The molecule has 2 saturated heterocycles. The molecule has 0 spiro atoms. The first-order valence-corrected chi connectivity index (χ1v) is 13.3. The summed E-state index contributed by atoms with van der Waals surface area (Å²) >= 11 is 0. The topological polar surface area (TPSA) is 228 Å². The second-order valence-corrected chi connectivity index (χ2v) is 9.83. The number of aliphatic hydroxyl groups is 8. The highest BCUT2D eigenvalue weighted by atomic mass is 16.7. The van der Waals surface area contributed by atoms with Crippen LogP contribution in [0.25, 0.3) is 0 Å². The number of aliphatic hydroxyl groups excluding tert-OH is 8. The Morgan fingerprint density at radius 2 is 1.47 bits per heavy atom. The van der Waals surface area contributed by atoms with Crippen LogP contribution in [0.1, 0.15) is 52.4 Å². The van der Waals surface area contributed by atoms with E-state index in [1.807, 2.05) is 13.8 Å². The SMILES string of the molecule is CCCCCC(O)C(COC1OC(CO)C(OC2OC(CO)C(O)C(O)C2O)C(O)C1O)NC(=O)CCC. The summed E-state index contributed by atoms with van der Waals surface area (Å²) in [7, 11) is 0. The van der Waals surface area contributed by atoms with Gasteiger partial charge >= 0.3 is 0 Å². The van der Waals surface area contributed by atoms with Gasteiger partial charge in [0.15, 0.2) is 12.6 Å². The summed E-state index contributed by atoms with van der Waals surface area (Å²) in [6.45, 7) is 2.20. The Bertz CT molecular complexity index is 684. The van der Waals surface area contributed by atoms with E-state index in [4.69, 9.17) is 18.9 Å². The van der Waals surface area contributed by atoms with Crippen LogP contribution in [0.2, 0.25) is 0 Å². The maximum atomic E-state index is 12.2. The molecule has 2 aliphatic heterocycles. The van der Waals surface area contributed by atoms with Gasteiger partial charge in [-0.2, -0.15) is 0 Å². The van der Waals surface area contributed by atoms with Crippen molar-refractivity contribution in [2.45, 2.75) is 126 Å². The Labute approximate surface area is 222 Å². The van der Waals surface area contributed by atoms with Crippen LogP contribution in [0, 0.1) is 0 Å². The number of unbranched alkanes of at least 4 members (excludes halogenated alkanes) is 2. The zero-order valence-corrected chi connectivity index (χ0v) is 21.9. The van der Waals surface area contributed by atoms with E-state index in [1.54, 1.807) is 0 Å². The van der Waals surface area contributed by atoms with Gasteiger partial charge in [-0.3, -0.25) is 4.79 Å². The van der Waals surface area contributed by atoms with Gasteiger partial charge in [-0.05, 0) is 12.8 Å². The third kappa shape index (κ3) is 8.74. The van der Waals surface area contributed by atoms with Crippen LogP contribution in [0.5, 0.6) is 0 Å². The molecule has 38 heavy (non-hydrogen) atoms. The molecule has 14 heteroatoms. The molecule has 0 saturated carbocycles. The lowest BCUT2D eigenvalue weighted by atomic mass is 9.97. The molecule has 2 aliphatic rings. The maximum absolute atomic E-state index is 12.2. The van der Waals surface area contributed by atoms with E-state index in [0.717, 1.165) is 19.3 Å². The lowest BCUT2D eigenvalue weighted by Crippen LogP contribution is -2.65. The van der Waals surface area contributed by atoms with Crippen LogP contribution in [0.15, 0.2) is 0 Å². The van der Waals surface area contributed by atoms with Gasteiger partial charge in [-0.1, -0.05) is 33.1 Å². The van der Waals surface area contributed by atoms with Crippen LogP contribution in [-0.2, 0) is 23.7 Å². The van der Waals surface area contributed by atoms with E-state index >= 15 is 0 Å². The van der Waals surface area contributed by atoms with E-state index in [1.165, 1.54) is 0 Å². The summed E-state index contributed by atoms with van der Waals surface area (Å²) in [5.74, 6) is -0.276. The first kappa shape index (κ1) is 33.2. The highest BCUT2D eigenvalue weighted by Gasteiger charge is 2.50. The number of carbonyl (C=O) groups excluding carboxylic acids is 1. The molecular weight excluding hydrogens is 510 g/mol. The lowest BCUT2D eigenvalue weighted by Gasteiger charge is -2.46. The van der Waals surface area contributed by atoms with Gasteiger partial charge in [0.1, 0.15) is 48.8 Å². The van der Waals surface area contributed by atoms with Crippen molar-refractivity contribution in [2.75, 3.05) is 19.8 Å². The Kier molecular flexibility index (Phi) is 14.2. The fourth-order valence-corrected chi connectivity index (χ4v) is 4.45. The van der Waals surface area contributed by atoms with Crippen LogP contribution in [0.3, 0.4) is 0 Å². The molecule has 1 amide bonds. The predicted molar refractivity (Wildman–Crippen MR) is 129 cm³/mol. The fraction of sp³-hybridized carbons (Fsp3) is 0.958. The molecule has 12 unspecified atom stereocenters. The largest absolute Gasteiger partial charge is 0.394 e. The minimum atomic E-state index is -1.77. The van der Waals surface area contributed by atoms with E-state index in [-0.39, 0.29) is 18.9 Å². The van der Waals surface area contributed by atoms with Crippen molar-refractivity contribution in [1.82, 2.24) is 5.32 Å². The molecule has 0 aromatic rings. The fourth-order valence-electron chi connectivity index (χ4n) is 4.45. The Morgan fingerprint density at radius 1 is 0.842 bits per heavy atom. The highest BCUT2D eigenvalue weighted by molar-refractivity contribution is 5.76. The standard InChI is InChI=1S/C24H45NO13/c1-3-5-6-8-13(28)12(25-16(29)7-4-2)11-35-23-21(34)19(32)22(15(10-27)37-23)38-24-20(33)18(31)17(30)14(9-26)36-24/h12-15,17-24,26-28,30-34H,3-11H2,1-2H3,(H,25,29). The minimum absolute atomic E-state index is 0.253. The quantitative estimate of drug-likeness (QED) is 0.0911. The van der Waals surface area contributed by atoms with E-state index < -0.39 is 86.8 Å². The summed E-state index contributed by atoms with van der Waals surface area (Å²) < 4.78 is 22.0. The van der Waals surface area contributed by atoms with E-state index in [0.29, 0.717) is 12.8 Å². The lowest BCUT2D eigenvalue weighted by molar-refractivity contribution is -0.359. The molecule has 2 heterocycles. The van der Waals surface area contributed by atoms with E-state index in [9.17, 15) is 45.6 Å². The van der Waals surface area contributed by atoms with Crippen molar-refractivity contribution >= 4 is 5.91 Å². The number of ether oxygens (including phenoxy) is 4. The number of hydrogen-bond donors (Lipinski definition) is 9. The maximum Gasteiger partial charge on any atom is 0.220 e. The van der Waals surface area contributed by atoms with Crippen LogP contribution in [-0.4, -0.2) is 140 Å². The summed E-state index contributed by atoms with van der Waals surface area (Å²) in [4.78, 5) is 12.2. The molecule has 0 aromatic heterocycles. The summed E-state index contributed by atoms with van der Waals surface area (Å²) in [5, 5.41) is 84.1. The molecule has 224 valence electrons. The average molecular weight is 556 g/mol. The van der Waals surface area contributed by atoms with Gasteiger partial charge in [0.05, 0.1) is 32.0 Å². The molecule has 14 nitrogen and oxygen atoms in total. The Balaban J connectivity index is 2.06. The smallest absolute Gasteiger partial charge is 0.220 e. The predicted octanol–water partition coefficient (Wildman–Crippen LogP) is -3.15. The number of amides is 1. The molecule has 0 aliphatic carbocycles. The molecular formula is C24H45NO13. The van der Waals surface area contributed by atoms with Crippen molar-refractivity contribution in [2.24, 2.45) is 0 Å². The third-order valence-corrected chi connectivity index (χ3v) is 6.79. The minimum Gasteiger partial charge on any atom is -0.394 e. The Hall–Kier alpha value is -1.01. The monoisotopic (exact) mass is 555 g/mol. The highest BCUT2D eigenvalue weighted by Crippen LogP contribution is 2.29. The zero-order valence-electron chi connectivity index (χ0n) is 21.9. The number of carbonyl (C=O) groups is 1. The average Bonchev–Trinajstić information content (AvgIpc) is 2.90. The van der Waals surface area contributed by atoms with Gasteiger partial charge in [0, 0.05) is 6.42 Å². The number of nitrogens with one attached hydrogen (secondary N) is 1. The second-order valence-electron chi connectivity index (χ2n) is 9.83. The molecule has 0 aromatic carbocycles. The van der Waals surface area contributed by atoms with Gasteiger partial charge in [-0.15, -0.1) is 0 Å². The molecule has 0 bridgehead atoms. The first-order chi connectivity index (χ1) is 18.1. The van der Waals surface area contributed by atoms with Gasteiger partial charge < -0.3 is 65.1 Å². The summed E-state index contributed by atoms with van der Waals surface area (Å²) in [6, 6.07) is -0.811. The Morgan fingerprint density at radius 3 is 2.08 bits per heavy atom. The van der Waals surface area contributed by atoms with Crippen molar-refractivity contribution in [3.63, 3.8) is 0 Å². The number of rotatable bonds is 15. The van der Waals surface area contributed by atoms with Gasteiger partial charge in [0.25, 0.3) is 0 Å². The summed E-state index contributed by atoms with van der Waals surface area (Å²) in [5.41, 5.74) is 0. The van der Waals surface area contributed by atoms with Crippen molar-refractivity contribution in [3.8, 4) is 0 Å². The van der Waals surface area contributed by atoms with Crippen molar-refractivity contribution in [1.29, 1.82) is 0 Å². The van der Waals surface area contributed by atoms with Crippen molar-refractivity contribution < 1.29 is 64.6 Å². The zero-order chi connectivity index (χ0) is 28.4. The third-order valence-electron chi connectivity index (χ3n) is 6.79. The second kappa shape index (κ2) is 16.3. The molecule has 9 N–H and O–H groups in total. The first-order valence-electron chi connectivity index (χ1n) is 13.3.